The highest BCUT2D eigenvalue weighted by Gasteiger charge is 2.23. The van der Waals surface area contributed by atoms with Crippen molar-refractivity contribution in [2.75, 3.05) is 5.32 Å². The molecule has 23 heavy (non-hydrogen) atoms. The lowest BCUT2D eigenvalue weighted by atomic mass is 10.1. The number of carbonyl (C=O) groups excluding carboxylic acids is 2. The standard InChI is InChI=1S/C17H15ClN2O2S/c1-10-16(21)20-14-8-11(6-7-15(14)23-10)17(22)19-9-12-4-2-3-5-13(12)18/h2-8,10H,9H2,1H3,(H,19,22)(H,20,21)/t10-/m0/s1. The first-order valence-corrected chi connectivity index (χ1v) is 8.43. The summed E-state index contributed by atoms with van der Waals surface area (Å²) in [5, 5.41) is 6.17. The lowest BCUT2D eigenvalue weighted by molar-refractivity contribution is -0.115. The molecule has 0 bridgehead atoms. The molecule has 0 saturated carbocycles. The fraction of sp³-hybridized carbons (Fsp3) is 0.176. The first-order chi connectivity index (χ1) is 11.0. The van der Waals surface area contributed by atoms with Gasteiger partial charge in [-0.05, 0) is 36.8 Å². The molecule has 1 aliphatic rings. The molecule has 0 aliphatic carbocycles. The third-order valence-electron chi connectivity index (χ3n) is 3.57. The van der Waals surface area contributed by atoms with Crippen molar-refractivity contribution < 1.29 is 9.59 Å². The fourth-order valence-electron chi connectivity index (χ4n) is 2.27. The number of hydrogen-bond donors (Lipinski definition) is 2. The van der Waals surface area contributed by atoms with Gasteiger partial charge in [-0.2, -0.15) is 0 Å². The van der Waals surface area contributed by atoms with Crippen molar-refractivity contribution in [3.05, 3.63) is 58.6 Å². The second-order valence-corrected chi connectivity index (χ2v) is 7.02. The molecule has 0 unspecified atom stereocenters. The maximum Gasteiger partial charge on any atom is 0.251 e. The first-order valence-electron chi connectivity index (χ1n) is 7.18. The molecule has 0 spiro atoms. The maximum absolute atomic E-state index is 12.3. The van der Waals surface area contributed by atoms with Gasteiger partial charge in [0.1, 0.15) is 0 Å². The minimum atomic E-state index is -0.203. The quantitative estimate of drug-likeness (QED) is 0.890. The van der Waals surface area contributed by atoms with Crippen LogP contribution in [0.3, 0.4) is 0 Å². The summed E-state index contributed by atoms with van der Waals surface area (Å²) in [4.78, 5) is 25.0. The van der Waals surface area contributed by atoms with E-state index < -0.39 is 0 Å². The highest BCUT2D eigenvalue weighted by atomic mass is 35.5. The number of halogens is 1. The van der Waals surface area contributed by atoms with E-state index in [1.54, 1.807) is 18.2 Å². The Hall–Kier alpha value is -1.98. The van der Waals surface area contributed by atoms with Crippen LogP contribution < -0.4 is 10.6 Å². The molecule has 118 valence electrons. The van der Waals surface area contributed by atoms with Gasteiger partial charge in [-0.25, -0.2) is 0 Å². The van der Waals surface area contributed by atoms with Crippen LogP contribution in [0.15, 0.2) is 47.4 Å². The number of nitrogens with one attached hydrogen (secondary N) is 2. The largest absolute Gasteiger partial charge is 0.348 e. The minimum absolute atomic E-state index is 0.0453. The topological polar surface area (TPSA) is 58.2 Å². The van der Waals surface area contributed by atoms with E-state index in [1.165, 1.54) is 11.8 Å². The zero-order valence-electron chi connectivity index (χ0n) is 12.4. The molecule has 0 aromatic heterocycles. The van der Waals surface area contributed by atoms with E-state index in [0.717, 1.165) is 10.5 Å². The van der Waals surface area contributed by atoms with Gasteiger partial charge in [0.25, 0.3) is 5.91 Å². The molecule has 3 rings (SSSR count). The average molecular weight is 347 g/mol. The molecular weight excluding hydrogens is 332 g/mol. The molecule has 1 aliphatic heterocycles. The molecule has 0 fully saturated rings. The van der Waals surface area contributed by atoms with Gasteiger partial charge in [-0.3, -0.25) is 9.59 Å². The lowest BCUT2D eigenvalue weighted by Gasteiger charge is -2.21. The van der Waals surface area contributed by atoms with Gasteiger partial charge in [-0.15, -0.1) is 11.8 Å². The Morgan fingerprint density at radius 2 is 2.09 bits per heavy atom. The van der Waals surface area contributed by atoms with Crippen molar-refractivity contribution in [1.29, 1.82) is 0 Å². The van der Waals surface area contributed by atoms with Gasteiger partial charge in [0.05, 0.1) is 10.9 Å². The zero-order valence-corrected chi connectivity index (χ0v) is 14.0. The van der Waals surface area contributed by atoms with E-state index in [2.05, 4.69) is 10.6 Å². The van der Waals surface area contributed by atoms with E-state index >= 15 is 0 Å². The lowest BCUT2D eigenvalue weighted by Crippen LogP contribution is -2.27. The Kier molecular flexibility index (Phi) is 4.59. The molecule has 6 heteroatoms. The van der Waals surface area contributed by atoms with Crippen LogP contribution in [0.4, 0.5) is 5.69 Å². The van der Waals surface area contributed by atoms with E-state index in [4.69, 9.17) is 11.6 Å². The van der Waals surface area contributed by atoms with Crippen molar-refractivity contribution in [3.8, 4) is 0 Å². The zero-order chi connectivity index (χ0) is 16.4. The molecule has 2 aromatic rings. The van der Waals surface area contributed by atoms with Gasteiger partial charge >= 0.3 is 0 Å². The Bertz CT molecular complexity index is 779. The fourth-order valence-corrected chi connectivity index (χ4v) is 3.40. The van der Waals surface area contributed by atoms with Gasteiger partial charge in [0.2, 0.25) is 5.91 Å². The number of anilines is 1. The van der Waals surface area contributed by atoms with E-state index in [-0.39, 0.29) is 17.1 Å². The van der Waals surface area contributed by atoms with E-state index in [1.807, 2.05) is 31.2 Å². The molecule has 2 N–H and O–H groups in total. The third-order valence-corrected chi connectivity index (χ3v) is 5.12. The Morgan fingerprint density at radius 1 is 1.30 bits per heavy atom. The summed E-state index contributed by atoms with van der Waals surface area (Å²) in [6.07, 6.45) is 0. The number of amides is 2. The van der Waals surface area contributed by atoms with Gasteiger partial charge in [0, 0.05) is 22.0 Å². The normalized spacial score (nSPS) is 16.4. The summed E-state index contributed by atoms with van der Waals surface area (Å²) in [6.45, 7) is 2.21. The number of carbonyl (C=O) groups is 2. The third kappa shape index (κ3) is 3.51. The number of hydrogen-bond acceptors (Lipinski definition) is 3. The molecule has 0 saturated heterocycles. The number of benzene rings is 2. The second-order valence-electron chi connectivity index (χ2n) is 5.23. The molecule has 1 heterocycles. The van der Waals surface area contributed by atoms with E-state index in [9.17, 15) is 9.59 Å². The van der Waals surface area contributed by atoms with Crippen LogP contribution in [0.5, 0.6) is 0 Å². The van der Waals surface area contributed by atoms with Crippen molar-refractivity contribution in [3.63, 3.8) is 0 Å². The van der Waals surface area contributed by atoms with Crippen LogP contribution in [0.2, 0.25) is 5.02 Å². The predicted octanol–water partition coefficient (Wildman–Crippen LogP) is 3.70. The van der Waals surface area contributed by atoms with Crippen molar-refractivity contribution in [2.45, 2.75) is 23.6 Å². The van der Waals surface area contributed by atoms with Crippen LogP contribution >= 0.6 is 23.4 Å². The van der Waals surface area contributed by atoms with Crippen molar-refractivity contribution >= 4 is 40.9 Å². The molecular formula is C17H15ClN2O2S. The highest BCUT2D eigenvalue weighted by Crippen LogP contribution is 2.35. The van der Waals surface area contributed by atoms with Crippen LogP contribution in [0.25, 0.3) is 0 Å². The van der Waals surface area contributed by atoms with Gasteiger partial charge in [0.15, 0.2) is 0 Å². The number of rotatable bonds is 3. The summed E-state index contributed by atoms with van der Waals surface area (Å²) in [6, 6.07) is 12.7. The monoisotopic (exact) mass is 346 g/mol. The van der Waals surface area contributed by atoms with Crippen LogP contribution in [0.1, 0.15) is 22.8 Å². The molecule has 4 nitrogen and oxygen atoms in total. The van der Waals surface area contributed by atoms with Crippen LogP contribution in [-0.4, -0.2) is 17.1 Å². The van der Waals surface area contributed by atoms with Crippen molar-refractivity contribution in [1.82, 2.24) is 5.32 Å². The summed E-state index contributed by atoms with van der Waals surface area (Å²) < 4.78 is 0. The average Bonchev–Trinajstić information content (AvgIpc) is 2.54. The molecule has 2 amide bonds. The molecule has 2 aromatic carbocycles. The Morgan fingerprint density at radius 3 is 2.87 bits per heavy atom. The SMILES string of the molecule is C[C@@H]1Sc2ccc(C(=O)NCc3ccccc3Cl)cc2NC1=O. The van der Waals surface area contributed by atoms with Crippen LogP contribution in [0, 0.1) is 0 Å². The minimum Gasteiger partial charge on any atom is -0.348 e. The number of thioether (sulfide) groups is 1. The van der Waals surface area contributed by atoms with Crippen LogP contribution in [-0.2, 0) is 11.3 Å². The predicted molar refractivity (Wildman–Crippen MR) is 93.0 cm³/mol. The van der Waals surface area contributed by atoms with Gasteiger partial charge in [-0.1, -0.05) is 29.8 Å². The Labute approximate surface area is 143 Å². The van der Waals surface area contributed by atoms with Gasteiger partial charge < -0.3 is 10.6 Å². The maximum atomic E-state index is 12.3. The second kappa shape index (κ2) is 6.64. The molecule has 1 atom stereocenters. The molecule has 0 radical (unpaired) electrons. The Balaban J connectivity index is 1.72. The first kappa shape index (κ1) is 15.9. The summed E-state index contributed by atoms with van der Waals surface area (Å²) >= 11 is 7.57. The summed E-state index contributed by atoms with van der Waals surface area (Å²) in [7, 11) is 0. The number of fused-ring (bicyclic) bond motifs is 1. The highest BCUT2D eigenvalue weighted by molar-refractivity contribution is 8.00. The summed E-state index contributed by atoms with van der Waals surface area (Å²) in [5.41, 5.74) is 2.05. The van der Waals surface area contributed by atoms with Crippen molar-refractivity contribution in [2.24, 2.45) is 0 Å². The van der Waals surface area contributed by atoms with E-state index in [0.29, 0.717) is 22.8 Å². The summed E-state index contributed by atoms with van der Waals surface area (Å²) in [5.74, 6) is -0.248. The smallest absolute Gasteiger partial charge is 0.251 e.